The van der Waals surface area contributed by atoms with Crippen LogP contribution < -0.4 is 9.46 Å². The van der Waals surface area contributed by atoms with E-state index in [1.54, 1.807) is 35.0 Å². The van der Waals surface area contributed by atoms with Gasteiger partial charge >= 0.3 is 0 Å². The summed E-state index contributed by atoms with van der Waals surface area (Å²) >= 11 is 0. The zero-order valence-corrected chi connectivity index (χ0v) is 17.3. The second-order valence-electron chi connectivity index (χ2n) is 6.57. The van der Waals surface area contributed by atoms with Gasteiger partial charge < -0.3 is 9.72 Å². The van der Waals surface area contributed by atoms with Crippen molar-refractivity contribution in [2.45, 2.75) is 25.8 Å². The quantitative estimate of drug-likeness (QED) is 0.486. The van der Waals surface area contributed by atoms with Crippen molar-refractivity contribution in [2.24, 2.45) is 0 Å². The van der Waals surface area contributed by atoms with Gasteiger partial charge in [0.1, 0.15) is 12.1 Å². The number of hydrogen-bond acceptors (Lipinski definition) is 7. The summed E-state index contributed by atoms with van der Waals surface area (Å²) in [7, 11) is -3.72. The maximum absolute atomic E-state index is 12.2. The van der Waals surface area contributed by atoms with Crippen LogP contribution in [0.3, 0.4) is 0 Å². The first kappa shape index (κ1) is 19.6. The van der Waals surface area contributed by atoms with E-state index in [-0.39, 0.29) is 5.03 Å². The highest BCUT2D eigenvalue weighted by atomic mass is 32.2. The third-order valence-electron chi connectivity index (χ3n) is 4.59. The first-order valence-corrected chi connectivity index (χ1v) is 10.5. The van der Waals surface area contributed by atoms with Gasteiger partial charge in [-0.05, 0) is 50.6 Å². The molecule has 0 aliphatic rings. The highest BCUT2D eigenvalue weighted by Gasteiger charge is 2.16. The van der Waals surface area contributed by atoms with Gasteiger partial charge in [0.15, 0.2) is 10.8 Å². The molecular formula is C19H19N7O3S. The molecule has 0 saturated heterocycles. The summed E-state index contributed by atoms with van der Waals surface area (Å²) in [6.45, 7) is 5.93. The van der Waals surface area contributed by atoms with Gasteiger partial charge in [0.2, 0.25) is 5.88 Å². The molecule has 4 rings (SSSR count). The summed E-state index contributed by atoms with van der Waals surface area (Å²) in [5, 5.41) is 4.48. The lowest BCUT2D eigenvalue weighted by molar-refractivity contribution is 0.460. The molecule has 2 N–H and O–H groups in total. The Morgan fingerprint density at radius 2 is 1.87 bits per heavy atom. The molecule has 0 bridgehead atoms. The van der Waals surface area contributed by atoms with Gasteiger partial charge in [-0.2, -0.15) is 13.5 Å². The van der Waals surface area contributed by atoms with Crippen LogP contribution in [-0.4, -0.2) is 38.1 Å². The Morgan fingerprint density at radius 3 is 2.50 bits per heavy atom. The van der Waals surface area contributed by atoms with Crippen LogP contribution >= 0.6 is 0 Å². The number of ether oxygens (including phenoxy) is 1. The Kier molecular flexibility index (Phi) is 4.96. The molecule has 0 unspecified atom stereocenters. The maximum atomic E-state index is 12.2. The van der Waals surface area contributed by atoms with Gasteiger partial charge in [-0.1, -0.05) is 0 Å². The van der Waals surface area contributed by atoms with Crippen LogP contribution in [0.4, 0.5) is 5.69 Å². The Balaban J connectivity index is 1.51. The molecule has 30 heavy (non-hydrogen) atoms. The molecule has 3 aromatic heterocycles. The van der Waals surface area contributed by atoms with Gasteiger partial charge in [-0.15, -0.1) is 0 Å². The molecule has 0 atom stereocenters. The lowest BCUT2D eigenvalue weighted by atomic mass is 10.2. The summed E-state index contributed by atoms with van der Waals surface area (Å²) in [5.74, 6) is 1.43. The van der Waals surface area contributed by atoms with Gasteiger partial charge in [-0.3, -0.25) is 4.72 Å². The fourth-order valence-corrected chi connectivity index (χ4v) is 3.72. The summed E-state index contributed by atoms with van der Waals surface area (Å²) in [6, 6.07) is 8.15. The highest BCUT2D eigenvalue weighted by Crippen LogP contribution is 2.24. The number of aryl methyl sites for hydroxylation is 1. The Labute approximate surface area is 173 Å². The van der Waals surface area contributed by atoms with E-state index in [9.17, 15) is 8.42 Å². The summed E-state index contributed by atoms with van der Waals surface area (Å²) in [6.07, 6.45) is 3.94. The van der Waals surface area contributed by atoms with E-state index in [1.165, 1.54) is 18.9 Å². The molecule has 0 fully saturated rings. The van der Waals surface area contributed by atoms with Crippen LogP contribution in [0, 0.1) is 20.8 Å². The van der Waals surface area contributed by atoms with Crippen LogP contribution in [0.15, 0.2) is 54.2 Å². The molecule has 0 aliphatic heterocycles. The predicted molar refractivity (Wildman–Crippen MR) is 109 cm³/mol. The van der Waals surface area contributed by atoms with Crippen molar-refractivity contribution >= 4 is 15.7 Å². The number of aromatic nitrogens is 6. The average molecular weight is 425 g/mol. The molecular weight excluding hydrogens is 406 g/mol. The van der Waals surface area contributed by atoms with Crippen molar-refractivity contribution < 1.29 is 13.2 Å². The monoisotopic (exact) mass is 425 g/mol. The fraction of sp³-hybridized carbons (Fsp3) is 0.158. The number of benzene rings is 1. The van der Waals surface area contributed by atoms with Crippen LogP contribution in [0.2, 0.25) is 0 Å². The van der Waals surface area contributed by atoms with Crippen molar-refractivity contribution in [1.29, 1.82) is 0 Å². The van der Waals surface area contributed by atoms with E-state index in [2.05, 4.69) is 29.8 Å². The number of hydrogen-bond donors (Lipinski definition) is 2. The van der Waals surface area contributed by atoms with Crippen molar-refractivity contribution in [3.8, 4) is 17.4 Å². The van der Waals surface area contributed by atoms with Crippen molar-refractivity contribution in [2.75, 3.05) is 4.72 Å². The molecule has 0 spiro atoms. The van der Waals surface area contributed by atoms with Crippen molar-refractivity contribution in [1.82, 2.24) is 29.7 Å². The lowest BCUT2D eigenvalue weighted by Crippen LogP contribution is -2.13. The molecule has 11 heteroatoms. The van der Waals surface area contributed by atoms with E-state index in [0.717, 1.165) is 17.0 Å². The van der Waals surface area contributed by atoms with Gasteiger partial charge in [0.05, 0.1) is 18.2 Å². The Hall–Kier alpha value is -3.73. The summed E-state index contributed by atoms with van der Waals surface area (Å²) in [5.41, 5.74) is 3.41. The number of imidazole rings is 1. The second kappa shape index (κ2) is 7.59. The lowest BCUT2D eigenvalue weighted by Gasteiger charge is -2.09. The Bertz CT molecular complexity index is 1280. The molecule has 1 aromatic carbocycles. The second-order valence-corrected chi connectivity index (χ2v) is 8.22. The smallest absolute Gasteiger partial charge is 0.278 e. The molecule has 0 aliphatic carbocycles. The van der Waals surface area contributed by atoms with Gasteiger partial charge in [0, 0.05) is 17.4 Å². The largest absolute Gasteiger partial charge is 0.439 e. The van der Waals surface area contributed by atoms with Crippen LogP contribution in [0.5, 0.6) is 11.6 Å². The highest BCUT2D eigenvalue weighted by molar-refractivity contribution is 7.92. The van der Waals surface area contributed by atoms with E-state index in [0.29, 0.717) is 23.1 Å². The molecule has 0 amide bonds. The predicted octanol–water partition coefficient (Wildman–Crippen LogP) is 2.90. The Morgan fingerprint density at radius 1 is 1.10 bits per heavy atom. The number of aromatic amines is 1. The van der Waals surface area contributed by atoms with E-state index >= 15 is 0 Å². The van der Waals surface area contributed by atoms with Gasteiger partial charge in [-0.25, -0.2) is 19.6 Å². The average Bonchev–Trinajstić information content (AvgIpc) is 3.35. The third kappa shape index (κ3) is 3.87. The zero-order valence-electron chi connectivity index (χ0n) is 16.5. The first-order valence-electron chi connectivity index (χ1n) is 8.98. The minimum Gasteiger partial charge on any atom is -0.439 e. The molecule has 3 heterocycles. The normalized spacial score (nSPS) is 11.4. The summed E-state index contributed by atoms with van der Waals surface area (Å²) in [4.78, 5) is 14.7. The number of nitrogens with one attached hydrogen (secondary N) is 2. The van der Waals surface area contributed by atoms with Crippen LogP contribution in [-0.2, 0) is 10.0 Å². The van der Waals surface area contributed by atoms with E-state index in [4.69, 9.17) is 4.74 Å². The van der Waals surface area contributed by atoms with Crippen molar-refractivity contribution in [3.05, 3.63) is 66.1 Å². The SMILES string of the molecule is Cc1nn(-c2cc(Oc3ccc(NS(=O)(=O)c4cnc[nH]4)cc3)ncn2)c(C)c1C. The van der Waals surface area contributed by atoms with E-state index < -0.39 is 10.0 Å². The topological polar surface area (TPSA) is 128 Å². The minimum atomic E-state index is -3.72. The molecule has 0 radical (unpaired) electrons. The number of sulfonamides is 1. The number of anilines is 1. The number of rotatable bonds is 6. The third-order valence-corrected chi connectivity index (χ3v) is 5.90. The molecule has 154 valence electrons. The van der Waals surface area contributed by atoms with Crippen molar-refractivity contribution in [3.63, 3.8) is 0 Å². The molecule has 10 nitrogen and oxygen atoms in total. The zero-order chi connectivity index (χ0) is 21.3. The van der Waals surface area contributed by atoms with Crippen LogP contribution in [0.25, 0.3) is 5.82 Å². The van der Waals surface area contributed by atoms with Crippen LogP contribution in [0.1, 0.15) is 17.0 Å². The first-order chi connectivity index (χ1) is 14.3. The minimum absolute atomic E-state index is 0.0178. The fourth-order valence-electron chi connectivity index (χ4n) is 2.76. The molecule has 4 aromatic rings. The maximum Gasteiger partial charge on any atom is 0.278 e. The standard InChI is InChI=1S/C19H19N7O3S/c1-12-13(2)24-26(14(12)3)17-8-18(22-11-21-17)29-16-6-4-15(5-7-16)25-30(27,28)19-9-20-10-23-19/h4-11,25H,1-3H3,(H,20,23). The van der Waals surface area contributed by atoms with E-state index in [1.807, 2.05) is 20.8 Å². The number of H-pyrrole nitrogens is 1. The van der Waals surface area contributed by atoms with Gasteiger partial charge in [0.25, 0.3) is 10.0 Å². The molecule has 0 saturated carbocycles. The summed E-state index contributed by atoms with van der Waals surface area (Å²) < 4.78 is 34.4. The number of nitrogens with zero attached hydrogens (tertiary/aromatic N) is 5.